The quantitative estimate of drug-likeness (QED) is 0.625. The summed E-state index contributed by atoms with van der Waals surface area (Å²) in [5.41, 5.74) is 2.59. The van der Waals surface area contributed by atoms with Crippen molar-refractivity contribution < 1.29 is 18.4 Å². The minimum Gasteiger partial charge on any atom is -0.299 e. The first-order chi connectivity index (χ1) is 10.9. The summed E-state index contributed by atoms with van der Waals surface area (Å²) in [6, 6.07) is 3.80. The molecular formula is C15H25N3O4S. The van der Waals surface area contributed by atoms with Gasteiger partial charge in [-0.1, -0.05) is 13.8 Å². The van der Waals surface area contributed by atoms with Gasteiger partial charge in [-0.2, -0.15) is 0 Å². The summed E-state index contributed by atoms with van der Waals surface area (Å²) in [6.45, 7) is 5.63. The van der Waals surface area contributed by atoms with Crippen LogP contribution >= 0.6 is 0 Å². The van der Waals surface area contributed by atoms with Crippen molar-refractivity contribution in [2.75, 3.05) is 19.3 Å². The number of hydroxylamine groups is 1. The van der Waals surface area contributed by atoms with Gasteiger partial charge in [-0.15, -0.1) is 0 Å². The third-order valence-corrected chi connectivity index (χ3v) is 6.06. The van der Waals surface area contributed by atoms with E-state index in [1.165, 1.54) is 5.48 Å². The van der Waals surface area contributed by atoms with Gasteiger partial charge in [0.2, 0.25) is 0 Å². The molecule has 0 saturated carbocycles. The number of sulfone groups is 1. The fourth-order valence-corrected chi connectivity index (χ4v) is 3.99. The van der Waals surface area contributed by atoms with Gasteiger partial charge >= 0.3 is 0 Å². The molecule has 2 heterocycles. The summed E-state index contributed by atoms with van der Waals surface area (Å²) in [7, 11) is -3.60. The molecule has 1 aliphatic heterocycles. The molecule has 0 aromatic carbocycles. The number of amides is 1. The molecule has 1 aromatic rings. The lowest BCUT2D eigenvalue weighted by Crippen LogP contribution is -2.57. The number of piperidine rings is 1. The van der Waals surface area contributed by atoms with Crippen LogP contribution in [0.15, 0.2) is 24.5 Å². The fourth-order valence-electron chi connectivity index (χ4n) is 2.69. The molecule has 0 unspecified atom stereocenters. The van der Waals surface area contributed by atoms with Crippen molar-refractivity contribution in [2.45, 2.75) is 38.0 Å². The highest BCUT2D eigenvalue weighted by Crippen LogP contribution is 2.31. The predicted molar refractivity (Wildman–Crippen MR) is 87.6 cm³/mol. The Morgan fingerprint density at radius 3 is 2.26 bits per heavy atom. The van der Waals surface area contributed by atoms with E-state index in [0.29, 0.717) is 19.6 Å². The highest BCUT2D eigenvalue weighted by Gasteiger charge is 2.49. The number of nitrogens with zero attached hydrogens (tertiary/aromatic N) is 2. The van der Waals surface area contributed by atoms with Crippen molar-refractivity contribution in [1.82, 2.24) is 15.4 Å². The maximum atomic E-state index is 12.0. The lowest BCUT2D eigenvalue weighted by atomic mass is 9.94. The molecule has 1 aromatic heterocycles. The molecule has 0 atom stereocenters. The summed E-state index contributed by atoms with van der Waals surface area (Å²) >= 11 is 0. The molecular weight excluding hydrogens is 318 g/mol. The molecule has 0 bridgehead atoms. The van der Waals surface area contributed by atoms with E-state index >= 15 is 0 Å². The summed E-state index contributed by atoms with van der Waals surface area (Å²) in [4.78, 5) is 17.9. The molecule has 0 radical (unpaired) electrons. The SMILES string of the molecule is CC.CS(=O)(=O)C1(C(=O)NO)CCN(Cc2ccncc2)CC1. The van der Waals surface area contributed by atoms with E-state index in [1.807, 2.05) is 26.0 Å². The summed E-state index contributed by atoms with van der Waals surface area (Å²) in [5, 5.41) is 8.83. The van der Waals surface area contributed by atoms with Gasteiger partial charge in [-0.05, 0) is 30.5 Å². The first kappa shape index (κ1) is 19.5. The van der Waals surface area contributed by atoms with Crippen molar-refractivity contribution in [2.24, 2.45) is 0 Å². The Morgan fingerprint density at radius 2 is 1.83 bits per heavy atom. The number of rotatable bonds is 4. The number of hydrogen-bond acceptors (Lipinski definition) is 6. The number of hydrogen-bond donors (Lipinski definition) is 2. The van der Waals surface area contributed by atoms with Crippen molar-refractivity contribution >= 4 is 15.7 Å². The van der Waals surface area contributed by atoms with E-state index in [9.17, 15) is 13.2 Å². The van der Waals surface area contributed by atoms with Gasteiger partial charge in [0.1, 0.15) is 0 Å². The maximum Gasteiger partial charge on any atom is 0.264 e. The van der Waals surface area contributed by atoms with Crippen molar-refractivity contribution in [3.05, 3.63) is 30.1 Å². The Labute approximate surface area is 137 Å². The van der Waals surface area contributed by atoms with E-state index in [-0.39, 0.29) is 12.8 Å². The molecule has 1 fully saturated rings. The molecule has 7 nitrogen and oxygen atoms in total. The van der Waals surface area contributed by atoms with Gasteiger partial charge in [0.25, 0.3) is 5.91 Å². The van der Waals surface area contributed by atoms with Gasteiger partial charge < -0.3 is 0 Å². The molecule has 8 heteroatoms. The monoisotopic (exact) mass is 343 g/mol. The molecule has 130 valence electrons. The topological polar surface area (TPSA) is 99.6 Å². The summed E-state index contributed by atoms with van der Waals surface area (Å²) < 4.78 is 22.4. The molecule has 2 N–H and O–H groups in total. The minimum atomic E-state index is -3.60. The zero-order chi connectivity index (χ0) is 17.5. The van der Waals surface area contributed by atoms with Crippen LogP contribution in [0.1, 0.15) is 32.3 Å². The molecule has 1 aliphatic rings. The fraction of sp³-hybridized carbons (Fsp3) is 0.600. The Bertz CT molecular complexity index is 596. The average molecular weight is 343 g/mol. The van der Waals surface area contributed by atoms with E-state index in [2.05, 4.69) is 9.88 Å². The average Bonchev–Trinajstić information content (AvgIpc) is 2.56. The Balaban J connectivity index is 0.00000127. The largest absolute Gasteiger partial charge is 0.299 e. The molecule has 0 spiro atoms. The second-order valence-electron chi connectivity index (χ2n) is 5.34. The van der Waals surface area contributed by atoms with Gasteiger partial charge in [0, 0.05) is 38.3 Å². The van der Waals surface area contributed by atoms with Crippen LogP contribution in [0.2, 0.25) is 0 Å². The molecule has 2 rings (SSSR count). The second kappa shape index (κ2) is 8.37. The van der Waals surface area contributed by atoms with Crippen LogP contribution in [0.25, 0.3) is 0 Å². The highest BCUT2D eigenvalue weighted by molar-refractivity contribution is 7.92. The number of carbonyl (C=O) groups is 1. The summed E-state index contributed by atoms with van der Waals surface area (Å²) in [5.74, 6) is -0.839. The van der Waals surface area contributed by atoms with E-state index in [4.69, 9.17) is 5.21 Å². The standard InChI is InChI=1S/C13H19N3O4S.C2H6/c1-21(19,20)13(12(17)15-18)4-8-16(9-5-13)10-11-2-6-14-7-3-11;1-2/h2-3,6-7,18H,4-5,8-10H2,1H3,(H,15,17);1-2H3. The Hall–Kier alpha value is -1.51. The first-order valence-electron chi connectivity index (χ1n) is 7.64. The zero-order valence-electron chi connectivity index (χ0n) is 13.8. The second-order valence-corrected chi connectivity index (χ2v) is 7.66. The third-order valence-electron chi connectivity index (χ3n) is 4.04. The molecule has 1 amide bonds. The van der Waals surface area contributed by atoms with Crippen molar-refractivity contribution in [1.29, 1.82) is 0 Å². The smallest absolute Gasteiger partial charge is 0.264 e. The van der Waals surface area contributed by atoms with E-state index < -0.39 is 20.5 Å². The Kier molecular flexibility index (Phi) is 7.11. The zero-order valence-corrected chi connectivity index (χ0v) is 14.6. The van der Waals surface area contributed by atoms with Crippen molar-refractivity contribution in [3.63, 3.8) is 0 Å². The number of carbonyl (C=O) groups excluding carboxylic acids is 1. The normalized spacial score (nSPS) is 17.7. The van der Waals surface area contributed by atoms with Crippen LogP contribution in [0.4, 0.5) is 0 Å². The number of pyridine rings is 1. The number of nitrogens with one attached hydrogen (secondary N) is 1. The predicted octanol–water partition coefficient (Wildman–Crippen LogP) is 0.992. The van der Waals surface area contributed by atoms with Crippen LogP contribution in [0.5, 0.6) is 0 Å². The maximum absolute atomic E-state index is 12.0. The number of likely N-dealkylation sites (tertiary alicyclic amines) is 1. The third kappa shape index (κ3) is 4.49. The summed E-state index contributed by atoms with van der Waals surface area (Å²) in [6.07, 6.45) is 4.80. The lowest BCUT2D eigenvalue weighted by molar-refractivity contribution is -0.133. The Morgan fingerprint density at radius 1 is 1.30 bits per heavy atom. The van der Waals surface area contributed by atoms with Crippen LogP contribution in [-0.2, 0) is 21.2 Å². The van der Waals surface area contributed by atoms with Crippen molar-refractivity contribution in [3.8, 4) is 0 Å². The van der Waals surface area contributed by atoms with Gasteiger partial charge in [0.05, 0.1) is 0 Å². The number of aromatic nitrogens is 1. The van der Waals surface area contributed by atoms with Gasteiger partial charge in [0.15, 0.2) is 14.6 Å². The minimum absolute atomic E-state index is 0.170. The van der Waals surface area contributed by atoms with Crippen LogP contribution in [-0.4, -0.2) is 53.5 Å². The molecule has 23 heavy (non-hydrogen) atoms. The molecule has 0 aliphatic carbocycles. The van der Waals surface area contributed by atoms with Gasteiger partial charge in [-0.25, -0.2) is 13.9 Å². The first-order valence-corrected chi connectivity index (χ1v) is 9.53. The van der Waals surface area contributed by atoms with Crippen LogP contribution in [0.3, 0.4) is 0 Å². The van der Waals surface area contributed by atoms with Gasteiger partial charge in [-0.3, -0.25) is 19.9 Å². The van der Waals surface area contributed by atoms with Crippen LogP contribution in [0, 0.1) is 0 Å². The highest BCUT2D eigenvalue weighted by atomic mass is 32.2. The van der Waals surface area contributed by atoms with Crippen LogP contribution < -0.4 is 5.48 Å². The van der Waals surface area contributed by atoms with E-state index in [0.717, 1.165) is 11.8 Å². The molecule has 1 saturated heterocycles. The lowest BCUT2D eigenvalue weighted by Gasteiger charge is -2.38. The van der Waals surface area contributed by atoms with E-state index in [1.54, 1.807) is 12.4 Å².